The normalized spacial score (nSPS) is 26.3. The lowest BCUT2D eigenvalue weighted by Crippen LogP contribution is -3.00. The molecule has 0 saturated carbocycles. The number of quaternary nitrogens is 1. The molecule has 0 aliphatic carbocycles. The Morgan fingerprint density at radius 1 is 0.931 bits per heavy atom. The van der Waals surface area contributed by atoms with Gasteiger partial charge in [-0.25, -0.2) is 0 Å². The molecule has 0 amide bonds. The van der Waals surface area contributed by atoms with Crippen LogP contribution in [0.3, 0.4) is 0 Å². The zero-order valence-corrected chi connectivity index (χ0v) is 19.5. The fraction of sp³-hybridized carbons (Fsp3) is 0.480. The van der Waals surface area contributed by atoms with Crippen molar-refractivity contribution in [2.24, 2.45) is 5.92 Å². The maximum absolute atomic E-state index is 13.2. The van der Waals surface area contributed by atoms with E-state index in [1.807, 2.05) is 60.7 Å². The van der Waals surface area contributed by atoms with Crippen molar-refractivity contribution in [2.75, 3.05) is 26.7 Å². The molecule has 29 heavy (non-hydrogen) atoms. The third-order valence-corrected chi connectivity index (χ3v) is 6.95. The first kappa shape index (κ1) is 22.3. The first-order chi connectivity index (χ1) is 13.7. The van der Waals surface area contributed by atoms with Gasteiger partial charge in [0.1, 0.15) is 5.92 Å². The van der Waals surface area contributed by atoms with E-state index in [1.165, 1.54) is 49.7 Å². The fourth-order valence-electron chi connectivity index (χ4n) is 5.46. The van der Waals surface area contributed by atoms with Gasteiger partial charge in [-0.3, -0.25) is 4.79 Å². The Kier molecular flexibility index (Phi) is 7.74. The summed E-state index contributed by atoms with van der Waals surface area (Å²) in [4.78, 5) is 13.2. The third kappa shape index (κ3) is 5.02. The number of piperidine rings is 2. The van der Waals surface area contributed by atoms with Crippen LogP contribution >= 0.6 is 0 Å². The van der Waals surface area contributed by atoms with Crippen LogP contribution in [0, 0.1) is 5.92 Å². The van der Waals surface area contributed by atoms with Gasteiger partial charge >= 0.3 is 5.97 Å². The Morgan fingerprint density at radius 2 is 1.52 bits per heavy atom. The molecular weight excluding hydrogens is 473 g/mol. The summed E-state index contributed by atoms with van der Waals surface area (Å²) in [5.74, 6) is 0.0291. The van der Waals surface area contributed by atoms with E-state index in [0.717, 1.165) is 11.1 Å². The molecule has 2 fully saturated rings. The van der Waals surface area contributed by atoms with Crippen LogP contribution in [0.1, 0.15) is 49.1 Å². The Hall–Kier alpha value is -1.40. The van der Waals surface area contributed by atoms with Gasteiger partial charge < -0.3 is 33.2 Å². The second-order valence-electron chi connectivity index (χ2n) is 8.78. The number of hydrogen-bond acceptors (Lipinski definition) is 2. The summed E-state index contributed by atoms with van der Waals surface area (Å²) in [5.41, 5.74) is 2.00. The monoisotopic (exact) mass is 505 g/mol. The third-order valence-electron chi connectivity index (χ3n) is 6.95. The highest BCUT2D eigenvalue weighted by Crippen LogP contribution is 2.36. The van der Waals surface area contributed by atoms with Gasteiger partial charge in [-0.15, -0.1) is 0 Å². The molecule has 3 nitrogen and oxygen atoms in total. The molecule has 156 valence electrons. The second-order valence-corrected chi connectivity index (χ2v) is 8.78. The minimum atomic E-state index is -0.349. The van der Waals surface area contributed by atoms with E-state index < -0.39 is 0 Å². The number of carbonyl (C=O) groups excluding carboxylic acids is 1. The van der Waals surface area contributed by atoms with Crippen molar-refractivity contribution in [1.29, 1.82) is 0 Å². The van der Waals surface area contributed by atoms with Gasteiger partial charge in [-0.1, -0.05) is 60.7 Å². The summed E-state index contributed by atoms with van der Waals surface area (Å²) >= 11 is 0. The van der Waals surface area contributed by atoms with Crippen LogP contribution in [0.15, 0.2) is 60.7 Å². The summed E-state index contributed by atoms with van der Waals surface area (Å²) in [6, 6.07) is 20.7. The van der Waals surface area contributed by atoms with E-state index in [2.05, 4.69) is 7.05 Å². The fourth-order valence-corrected chi connectivity index (χ4v) is 5.46. The van der Waals surface area contributed by atoms with E-state index in [0.29, 0.717) is 18.6 Å². The van der Waals surface area contributed by atoms with Gasteiger partial charge in [0.05, 0.1) is 32.8 Å². The topological polar surface area (TPSA) is 26.3 Å². The zero-order chi connectivity index (χ0) is 19.4. The highest BCUT2D eigenvalue weighted by Gasteiger charge is 2.44. The van der Waals surface area contributed by atoms with Crippen LogP contribution in [0.2, 0.25) is 0 Å². The number of esters is 1. The maximum Gasteiger partial charge on any atom is 0.317 e. The Balaban J connectivity index is 0.00000240. The average molecular weight is 505 g/mol. The summed E-state index contributed by atoms with van der Waals surface area (Å²) in [6.45, 7) is 3.13. The first-order valence-electron chi connectivity index (χ1n) is 10.8. The van der Waals surface area contributed by atoms with Crippen molar-refractivity contribution in [3.8, 4) is 0 Å². The first-order valence-corrected chi connectivity index (χ1v) is 10.8. The molecule has 4 heteroatoms. The molecule has 0 N–H and O–H groups in total. The summed E-state index contributed by atoms with van der Waals surface area (Å²) in [6.07, 6.45) is 6.37. The van der Waals surface area contributed by atoms with Gasteiger partial charge in [0.25, 0.3) is 0 Å². The van der Waals surface area contributed by atoms with Gasteiger partial charge in [0.2, 0.25) is 0 Å². The number of nitrogens with zero attached hydrogens (tertiary/aromatic N) is 1. The molecule has 1 unspecified atom stereocenters. The van der Waals surface area contributed by atoms with E-state index in [-0.39, 0.29) is 35.9 Å². The van der Waals surface area contributed by atoms with E-state index in [9.17, 15) is 4.79 Å². The van der Waals surface area contributed by atoms with Crippen molar-refractivity contribution in [3.63, 3.8) is 0 Å². The molecule has 2 aliphatic rings. The minimum absolute atomic E-state index is 0. The maximum atomic E-state index is 13.2. The molecule has 4 rings (SSSR count). The van der Waals surface area contributed by atoms with Crippen LogP contribution in [-0.2, 0) is 9.53 Å². The molecule has 2 aromatic carbocycles. The molecule has 2 saturated heterocycles. The molecule has 2 aliphatic heterocycles. The molecule has 0 radical (unpaired) electrons. The van der Waals surface area contributed by atoms with Crippen molar-refractivity contribution in [3.05, 3.63) is 71.8 Å². The van der Waals surface area contributed by atoms with Crippen LogP contribution in [0.4, 0.5) is 0 Å². The van der Waals surface area contributed by atoms with E-state index >= 15 is 0 Å². The summed E-state index contributed by atoms with van der Waals surface area (Å²) in [5, 5.41) is 0. The molecule has 3 atom stereocenters. The lowest BCUT2D eigenvalue weighted by molar-refractivity contribution is -0.947. The number of fused-ring (bicyclic) bond motifs is 1. The number of benzene rings is 2. The lowest BCUT2D eigenvalue weighted by atomic mass is 9.82. The predicted octanol–water partition coefficient (Wildman–Crippen LogP) is 1.77. The highest BCUT2D eigenvalue weighted by atomic mass is 127. The molecule has 0 aromatic heterocycles. The van der Waals surface area contributed by atoms with Crippen LogP contribution in [-0.4, -0.2) is 43.2 Å². The van der Waals surface area contributed by atoms with Gasteiger partial charge in [-0.05, 0) is 36.8 Å². The molecule has 2 heterocycles. The van der Waals surface area contributed by atoms with Crippen molar-refractivity contribution < 1.29 is 38.0 Å². The second kappa shape index (κ2) is 10.1. The predicted molar refractivity (Wildman–Crippen MR) is 112 cm³/mol. The number of hydrogen-bond donors (Lipinski definition) is 0. The van der Waals surface area contributed by atoms with Gasteiger partial charge in [-0.2, -0.15) is 0 Å². The Morgan fingerprint density at radius 3 is 2.14 bits per heavy atom. The lowest BCUT2D eigenvalue weighted by Gasteiger charge is -2.51. The van der Waals surface area contributed by atoms with Crippen LogP contribution in [0.5, 0.6) is 0 Å². The average Bonchev–Trinajstić information content (AvgIpc) is 2.73. The van der Waals surface area contributed by atoms with Crippen molar-refractivity contribution in [2.45, 2.75) is 44.1 Å². The largest absolute Gasteiger partial charge is 1.00 e. The number of carbonyl (C=O) groups is 1. The number of ether oxygens (including phenoxy) is 1. The molecule has 0 bridgehead atoms. The summed E-state index contributed by atoms with van der Waals surface area (Å²) < 4.78 is 7.18. The smallest absolute Gasteiger partial charge is 0.317 e. The molecular formula is C25H32INO2. The minimum Gasteiger partial charge on any atom is -1.00 e. The zero-order valence-electron chi connectivity index (χ0n) is 17.3. The van der Waals surface area contributed by atoms with E-state index in [1.54, 1.807) is 0 Å². The van der Waals surface area contributed by atoms with Crippen molar-refractivity contribution >= 4 is 5.97 Å². The number of halogens is 1. The van der Waals surface area contributed by atoms with Crippen molar-refractivity contribution in [1.82, 2.24) is 0 Å². The SMILES string of the molecule is C[N+]12CCCC[C@@H]1[C@H](COC(=O)C(c1ccccc1)c1ccccc1)CCC2.[I-]. The van der Waals surface area contributed by atoms with E-state index in [4.69, 9.17) is 4.74 Å². The van der Waals surface area contributed by atoms with Gasteiger partial charge in [0, 0.05) is 12.3 Å². The number of rotatable bonds is 5. The van der Waals surface area contributed by atoms with Crippen LogP contribution in [0.25, 0.3) is 0 Å². The Bertz CT molecular complexity index is 738. The van der Waals surface area contributed by atoms with Crippen LogP contribution < -0.4 is 24.0 Å². The Labute approximate surface area is 192 Å². The van der Waals surface area contributed by atoms with Gasteiger partial charge in [0.15, 0.2) is 0 Å². The standard InChI is InChI=1S/C25H32NO2.HI/c1-26-17-9-8-16-23(26)22(15-10-18-26)19-28-25(27)24(20-11-4-2-5-12-20)21-13-6-3-7-14-21;/h2-7,11-14,22-24H,8-10,15-19H2,1H3;1H/q+1;/p-1/t22-,23+,26?;/m0./s1. The quantitative estimate of drug-likeness (QED) is 0.352. The summed E-state index contributed by atoms with van der Waals surface area (Å²) in [7, 11) is 2.41. The highest BCUT2D eigenvalue weighted by molar-refractivity contribution is 5.82. The molecule has 2 aromatic rings. The molecule has 0 spiro atoms.